The van der Waals surface area contributed by atoms with E-state index in [1.54, 1.807) is 24.3 Å². The van der Waals surface area contributed by atoms with Gasteiger partial charge in [-0.1, -0.05) is 42.5 Å². The highest BCUT2D eigenvalue weighted by molar-refractivity contribution is 5.97. The number of hydrogen-bond acceptors (Lipinski definition) is 3. The van der Waals surface area contributed by atoms with Gasteiger partial charge in [-0.3, -0.25) is 9.59 Å². The molecule has 0 aliphatic rings. The molecule has 30 heavy (non-hydrogen) atoms. The number of amides is 2. The molecule has 0 aliphatic carbocycles. The van der Waals surface area contributed by atoms with Gasteiger partial charge in [-0.05, 0) is 35.4 Å². The topological polar surface area (TPSA) is 81.4 Å². The van der Waals surface area contributed by atoms with Gasteiger partial charge in [-0.2, -0.15) is 0 Å². The van der Waals surface area contributed by atoms with Crippen molar-refractivity contribution in [2.75, 3.05) is 0 Å². The van der Waals surface area contributed by atoms with Crippen LogP contribution in [0.1, 0.15) is 21.5 Å². The Morgan fingerprint density at radius 1 is 0.900 bits per heavy atom. The summed E-state index contributed by atoms with van der Waals surface area (Å²) in [5, 5.41) is 2.42. The second-order valence-electron chi connectivity index (χ2n) is 6.71. The summed E-state index contributed by atoms with van der Waals surface area (Å²) in [6.07, 6.45) is 0.123. The van der Waals surface area contributed by atoms with Gasteiger partial charge in [0.1, 0.15) is 30.0 Å². The lowest BCUT2D eigenvalue weighted by Crippen LogP contribution is -2.45. The number of halogens is 2. The van der Waals surface area contributed by atoms with Gasteiger partial charge in [-0.15, -0.1) is 0 Å². The van der Waals surface area contributed by atoms with Gasteiger partial charge in [0.25, 0.3) is 5.91 Å². The zero-order valence-electron chi connectivity index (χ0n) is 16.0. The molecule has 0 aromatic heterocycles. The SMILES string of the molecule is NC(=O)[C@@H](Cc1ccc(OCc2ccccc2)cc1)NC(=O)c1cc(F)cc(F)c1. The van der Waals surface area contributed by atoms with Crippen LogP contribution in [0, 0.1) is 11.6 Å². The van der Waals surface area contributed by atoms with Crippen molar-refractivity contribution in [3.8, 4) is 5.75 Å². The summed E-state index contributed by atoms with van der Waals surface area (Å²) in [5.74, 6) is -2.68. The highest BCUT2D eigenvalue weighted by Gasteiger charge is 2.20. The molecule has 3 N–H and O–H groups in total. The number of ether oxygens (including phenoxy) is 1. The van der Waals surface area contributed by atoms with E-state index in [2.05, 4.69) is 5.32 Å². The van der Waals surface area contributed by atoms with E-state index in [-0.39, 0.29) is 12.0 Å². The molecule has 3 aromatic rings. The summed E-state index contributed by atoms with van der Waals surface area (Å²) in [6.45, 7) is 0.421. The quantitative estimate of drug-likeness (QED) is 0.597. The Morgan fingerprint density at radius 2 is 1.53 bits per heavy atom. The van der Waals surface area contributed by atoms with E-state index in [4.69, 9.17) is 10.5 Å². The van der Waals surface area contributed by atoms with Crippen molar-refractivity contribution in [1.82, 2.24) is 5.32 Å². The number of rotatable bonds is 8. The Balaban J connectivity index is 1.62. The van der Waals surface area contributed by atoms with E-state index in [1.807, 2.05) is 30.3 Å². The lowest BCUT2D eigenvalue weighted by molar-refractivity contribution is -0.119. The van der Waals surface area contributed by atoms with E-state index in [0.29, 0.717) is 18.4 Å². The standard InChI is InChI=1S/C23H20F2N2O3/c24-18-11-17(12-19(25)13-18)23(29)27-21(22(26)28)10-15-6-8-20(9-7-15)30-14-16-4-2-1-3-5-16/h1-9,11-13,21H,10,14H2,(H2,26,28)(H,27,29)/t21-/m1/s1. The van der Waals surface area contributed by atoms with Crippen LogP contribution in [0.15, 0.2) is 72.8 Å². The molecule has 3 rings (SSSR count). The van der Waals surface area contributed by atoms with E-state index >= 15 is 0 Å². The molecule has 2 amide bonds. The molecule has 7 heteroatoms. The van der Waals surface area contributed by atoms with Gasteiger partial charge in [-0.25, -0.2) is 8.78 Å². The molecule has 0 radical (unpaired) electrons. The lowest BCUT2D eigenvalue weighted by Gasteiger charge is -2.16. The molecule has 5 nitrogen and oxygen atoms in total. The second kappa shape index (κ2) is 9.65. The van der Waals surface area contributed by atoms with Crippen molar-refractivity contribution in [2.45, 2.75) is 19.1 Å². The first-order chi connectivity index (χ1) is 14.4. The fourth-order valence-electron chi connectivity index (χ4n) is 2.85. The Labute approximate surface area is 172 Å². The molecular formula is C23H20F2N2O3. The molecule has 3 aromatic carbocycles. The molecule has 0 aliphatic heterocycles. The Bertz CT molecular complexity index is 1000. The zero-order valence-corrected chi connectivity index (χ0v) is 16.0. The fraction of sp³-hybridized carbons (Fsp3) is 0.130. The minimum Gasteiger partial charge on any atom is -0.489 e. The van der Waals surface area contributed by atoms with E-state index in [1.165, 1.54) is 0 Å². The molecule has 0 heterocycles. The first-order valence-electron chi connectivity index (χ1n) is 9.22. The van der Waals surface area contributed by atoms with Crippen LogP contribution >= 0.6 is 0 Å². The molecule has 0 fully saturated rings. The highest BCUT2D eigenvalue weighted by atomic mass is 19.1. The van der Waals surface area contributed by atoms with Gasteiger partial charge < -0.3 is 15.8 Å². The maximum Gasteiger partial charge on any atom is 0.252 e. The van der Waals surface area contributed by atoms with Crippen LogP contribution in [0.25, 0.3) is 0 Å². The summed E-state index contributed by atoms with van der Waals surface area (Å²) in [5.41, 5.74) is 6.92. The summed E-state index contributed by atoms with van der Waals surface area (Å²) in [6, 6.07) is 18.1. The third-order valence-corrected chi connectivity index (χ3v) is 4.39. The van der Waals surface area contributed by atoms with Crippen LogP contribution in [0.3, 0.4) is 0 Å². The number of primary amides is 1. The van der Waals surface area contributed by atoms with Gasteiger partial charge in [0.15, 0.2) is 0 Å². The summed E-state index contributed by atoms with van der Waals surface area (Å²) >= 11 is 0. The normalized spacial score (nSPS) is 11.5. The number of carbonyl (C=O) groups excluding carboxylic acids is 2. The minimum absolute atomic E-state index is 0.123. The van der Waals surface area contributed by atoms with Gasteiger partial charge in [0, 0.05) is 18.1 Å². The van der Waals surface area contributed by atoms with Crippen molar-refractivity contribution in [3.05, 3.63) is 101 Å². The van der Waals surface area contributed by atoms with Crippen molar-refractivity contribution in [3.63, 3.8) is 0 Å². The van der Waals surface area contributed by atoms with Crippen LogP contribution < -0.4 is 15.8 Å². The smallest absolute Gasteiger partial charge is 0.252 e. The van der Waals surface area contributed by atoms with Crippen LogP contribution in [0.5, 0.6) is 5.75 Å². The predicted octanol–water partition coefficient (Wildman–Crippen LogP) is 3.37. The first-order valence-corrected chi connectivity index (χ1v) is 9.22. The highest BCUT2D eigenvalue weighted by Crippen LogP contribution is 2.16. The van der Waals surface area contributed by atoms with E-state index < -0.39 is 29.5 Å². The molecule has 0 saturated heterocycles. The molecule has 0 unspecified atom stereocenters. The Kier molecular flexibility index (Phi) is 6.75. The number of carbonyl (C=O) groups is 2. The lowest BCUT2D eigenvalue weighted by atomic mass is 10.0. The average Bonchev–Trinajstić information content (AvgIpc) is 2.72. The largest absolute Gasteiger partial charge is 0.489 e. The number of nitrogens with two attached hydrogens (primary N) is 1. The van der Waals surface area contributed by atoms with Crippen LogP contribution in [-0.2, 0) is 17.8 Å². The first kappa shape index (κ1) is 21.0. The molecule has 1 atom stereocenters. The molecule has 0 spiro atoms. The summed E-state index contributed by atoms with van der Waals surface area (Å²) < 4.78 is 32.3. The maximum atomic E-state index is 13.3. The second-order valence-corrected chi connectivity index (χ2v) is 6.71. The van der Waals surface area contributed by atoms with Crippen molar-refractivity contribution < 1.29 is 23.1 Å². The maximum absolute atomic E-state index is 13.3. The van der Waals surface area contributed by atoms with Crippen molar-refractivity contribution in [2.24, 2.45) is 5.73 Å². The number of benzene rings is 3. The van der Waals surface area contributed by atoms with E-state index in [9.17, 15) is 18.4 Å². The molecular weight excluding hydrogens is 390 g/mol. The molecule has 0 bridgehead atoms. The average molecular weight is 410 g/mol. The molecule has 0 saturated carbocycles. The van der Waals surface area contributed by atoms with Gasteiger partial charge >= 0.3 is 0 Å². The Morgan fingerprint density at radius 3 is 2.13 bits per heavy atom. The van der Waals surface area contributed by atoms with Crippen molar-refractivity contribution in [1.29, 1.82) is 0 Å². The van der Waals surface area contributed by atoms with E-state index in [0.717, 1.165) is 23.3 Å². The van der Waals surface area contributed by atoms with Crippen LogP contribution in [0.2, 0.25) is 0 Å². The number of hydrogen-bond donors (Lipinski definition) is 2. The van der Waals surface area contributed by atoms with Crippen molar-refractivity contribution >= 4 is 11.8 Å². The minimum atomic E-state index is -1.04. The zero-order chi connectivity index (χ0) is 21.5. The van der Waals surface area contributed by atoms with Gasteiger partial charge in [0.2, 0.25) is 5.91 Å². The third-order valence-electron chi connectivity index (χ3n) is 4.39. The van der Waals surface area contributed by atoms with Crippen LogP contribution in [0.4, 0.5) is 8.78 Å². The molecule has 154 valence electrons. The number of nitrogens with one attached hydrogen (secondary N) is 1. The van der Waals surface area contributed by atoms with Gasteiger partial charge in [0.05, 0.1) is 0 Å². The predicted molar refractivity (Wildman–Crippen MR) is 108 cm³/mol. The summed E-state index contributed by atoms with van der Waals surface area (Å²) in [4.78, 5) is 24.0. The van der Waals surface area contributed by atoms with Crippen LogP contribution in [-0.4, -0.2) is 17.9 Å². The summed E-state index contributed by atoms with van der Waals surface area (Å²) in [7, 11) is 0. The monoisotopic (exact) mass is 410 g/mol. The third kappa shape index (κ3) is 5.88. The fourth-order valence-corrected chi connectivity index (χ4v) is 2.85. The Hall–Kier alpha value is -3.74.